The van der Waals surface area contributed by atoms with Gasteiger partial charge in [-0.1, -0.05) is 0 Å². The Bertz CT molecular complexity index is 478. The van der Waals surface area contributed by atoms with Gasteiger partial charge in [0, 0.05) is 26.2 Å². The van der Waals surface area contributed by atoms with E-state index in [2.05, 4.69) is 36.2 Å². The predicted molar refractivity (Wildman–Crippen MR) is 78.4 cm³/mol. The number of nitrogens with zero attached hydrogens (tertiary/aromatic N) is 4. The van der Waals surface area contributed by atoms with Crippen molar-refractivity contribution in [3.8, 4) is 0 Å². The van der Waals surface area contributed by atoms with Crippen molar-refractivity contribution in [3.05, 3.63) is 10.8 Å². The second kappa shape index (κ2) is 6.71. The SMILES string of the molecule is CCOC(=O)N1CCN(c2ncnc(NN)c2Br)CC1. The third-order valence-electron chi connectivity index (χ3n) is 3.01. The zero-order valence-electron chi connectivity index (χ0n) is 11.2. The zero-order chi connectivity index (χ0) is 14.5. The maximum absolute atomic E-state index is 11.6. The Labute approximate surface area is 125 Å². The van der Waals surface area contributed by atoms with Crippen LogP contribution in [0.1, 0.15) is 6.92 Å². The number of nitrogens with one attached hydrogen (secondary N) is 1. The second-order valence-electron chi connectivity index (χ2n) is 4.18. The third kappa shape index (κ3) is 3.10. The number of anilines is 2. The Kier molecular flexibility index (Phi) is 4.96. The first kappa shape index (κ1) is 14.8. The fourth-order valence-electron chi connectivity index (χ4n) is 2.00. The predicted octanol–water partition coefficient (Wildman–Crippen LogP) is 0.803. The molecular formula is C11H17BrN6O2. The van der Waals surface area contributed by atoms with E-state index in [9.17, 15) is 4.79 Å². The third-order valence-corrected chi connectivity index (χ3v) is 3.74. The number of halogens is 1. The molecule has 1 aliphatic rings. The van der Waals surface area contributed by atoms with E-state index in [0.717, 1.165) is 5.82 Å². The summed E-state index contributed by atoms with van der Waals surface area (Å²) >= 11 is 3.43. The average molecular weight is 345 g/mol. The van der Waals surface area contributed by atoms with Gasteiger partial charge < -0.3 is 20.0 Å². The summed E-state index contributed by atoms with van der Waals surface area (Å²) in [5, 5.41) is 0. The molecule has 0 radical (unpaired) electrons. The maximum Gasteiger partial charge on any atom is 0.409 e. The van der Waals surface area contributed by atoms with Crippen LogP contribution in [-0.4, -0.2) is 53.7 Å². The minimum atomic E-state index is -0.266. The van der Waals surface area contributed by atoms with E-state index in [1.165, 1.54) is 6.33 Å². The number of hydrogen-bond acceptors (Lipinski definition) is 7. The lowest BCUT2D eigenvalue weighted by Crippen LogP contribution is -2.49. The van der Waals surface area contributed by atoms with Gasteiger partial charge in [-0.25, -0.2) is 20.6 Å². The number of aromatic nitrogens is 2. The molecule has 1 saturated heterocycles. The van der Waals surface area contributed by atoms with Crippen LogP contribution < -0.4 is 16.2 Å². The molecule has 3 N–H and O–H groups in total. The molecule has 20 heavy (non-hydrogen) atoms. The van der Waals surface area contributed by atoms with Gasteiger partial charge in [0.2, 0.25) is 0 Å². The lowest BCUT2D eigenvalue weighted by atomic mass is 10.3. The maximum atomic E-state index is 11.6. The zero-order valence-corrected chi connectivity index (χ0v) is 12.8. The number of ether oxygens (including phenoxy) is 1. The molecule has 0 bridgehead atoms. The van der Waals surface area contributed by atoms with Crippen molar-refractivity contribution in [3.63, 3.8) is 0 Å². The molecule has 1 aromatic rings. The first-order valence-corrected chi connectivity index (χ1v) is 7.10. The highest BCUT2D eigenvalue weighted by atomic mass is 79.9. The smallest absolute Gasteiger partial charge is 0.409 e. The quantitative estimate of drug-likeness (QED) is 0.618. The Balaban J connectivity index is 2.02. The summed E-state index contributed by atoms with van der Waals surface area (Å²) < 4.78 is 5.70. The summed E-state index contributed by atoms with van der Waals surface area (Å²) in [6.07, 6.45) is 1.19. The second-order valence-corrected chi connectivity index (χ2v) is 4.97. The van der Waals surface area contributed by atoms with Gasteiger partial charge >= 0.3 is 6.09 Å². The molecule has 0 atom stereocenters. The molecule has 2 heterocycles. The van der Waals surface area contributed by atoms with E-state index in [4.69, 9.17) is 10.6 Å². The molecule has 1 aliphatic heterocycles. The summed E-state index contributed by atoms with van der Waals surface area (Å²) in [6.45, 7) is 4.74. The Morgan fingerprint density at radius 3 is 2.75 bits per heavy atom. The van der Waals surface area contributed by atoms with Gasteiger partial charge in [-0.3, -0.25) is 0 Å². The standard InChI is InChI=1S/C11H17BrN6O2/c1-2-20-11(19)18-5-3-17(4-6-18)10-8(12)9(16-13)14-7-15-10/h7H,2-6,13H2,1H3,(H,14,15,16). The highest BCUT2D eigenvalue weighted by molar-refractivity contribution is 9.10. The Morgan fingerprint density at radius 1 is 1.45 bits per heavy atom. The molecule has 0 unspecified atom stereocenters. The van der Waals surface area contributed by atoms with E-state index < -0.39 is 0 Å². The lowest BCUT2D eigenvalue weighted by molar-refractivity contribution is 0.105. The van der Waals surface area contributed by atoms with Crippen LogP contribution in [0.4, 0.5) is 16.4 Å². The van der Waals surface area contributed by atoms with Crippen molar-refractivity contribution in [2.24, 2.45) is 5.84 Å². The number of piperazine rings is 1. The summed E-state index contributed by atoms with van der Waals surface area (Å²) in [5.41, 5.74) is 2.51. The molecule has 0 aromatic carbocycles. The highest BCUT2D eigenvalue weighted by Crippen LogP contribution is 2.29. The van der Waals surface area contributed by atoms with Gasteiger partial charge in [0.1, 0.15) is 16.6 Å². The van der Waals surface area contributed by atoms with Gasteiger partial charge in [-0.2, -0.15) is 0 Å². The number of hydrazine groups is 1. The molecule has 0 aliphatic carbocycles. The van der Waals surface area contributed by atoms with Crippen LogP contribution in [0, 0.1) is 0 Å². The lowest BCUT2D eigenvalue weighted by Gasteiger charge is -2.35. The molecule has 0 saturated carbocycles. The fraction of sp³-hybridized carbons (Fsp3) is 0.545. The topological polar surface area (TPSA) is 96.6 Å². The van der Waals surface area contributed by atoms with Crippen molar-refractivity contribution >= 4 is 33.7 Å². The van der Waals surface area contributed by atoms with Crippen LogP contribution in [0.2, 0.25) is 0 Å². The highest BCUT2D eigenvalue weighted by Gasteiger charge is 2.24. The van der Waals surface area contributed by atoms with Crippen LogP contribution in [0.5, 0.6) is 0 Å². The van der Waals surface area contributed by atoms with E-state index in [0.29, 0.717) is 43.1 Å². The van der Waals surface area contributed by atoms with E-state index in [1.54, 1.807) is 11.8 Å². The normalized spacial score (nSPS) is 15.2. The van der Waals surface area contributed by atoms with Gasteiger partial charge in [-0.15, -0.1) is 0 Å². The number of nitrogen functional groups attached to an aromatic ring is 1. The van der Waals surface area contributed by atoms with Gasteiger partial charge in [0.05, 0.1) is 6.61 Å². The minimum Gasteiger partial charge on any atom is -0.450 e. The molecule has 0 spiro atoms. The van der Waals surface area contributed by atoms with Crippen LogP contribution in [0.25, 0.3) is 0 Å². The van der Waals surface area contributed by atoms with Crippen LogP contribution >= 0.6 is 15.9 Å². The molecule has 2 rings (SSSR count). The number of carbonyl (C=O) groups is 1. The van der Waals surface area contributed by atoms with Crippen molar-refractivity contribution in [1.82, 2.24) is 14.9 Å². The van der Waals surface area contributed by atoms with Crippen LogP contribution in [0.3, 0.4) is 0 Å². The minimum absolute atomic E-state index is 0.266. The number of nitrogens with two attached hydrogens (primary N) is 1. The molecule has 9 heteroatoms. The molecule has 8 nitrogen and oxygen atoms in total. The van der Waals surface area contributed by atoms with Crippen molar-refractivity contribution in [2.45, 2.75) is 6.92 Å². The first-order valence-electron chi connectivity index (χ1n) is 6.31. The summed E-state index contributed by atoms with van der Waals surface area (Å²) in [4.78, 5) is 23.7. The molecule has 1 amide bonds. The van der Waals surface area contributed by atoms with Gasteiger partial charge in [-0.05, 0) is 22.9 Å². The van der Waals surface area contributed by atoms with Crippen molar-refractivity contribution in [2.75, 3.05) is 43.1 Å². The largest absolute Gasteiger partial charge is 0.450 e. The summed E-state index contributed by atoms with van der Waals surface area (Å²) in [7, 11) is 0. The molecule has 1 aromatic heterocycles. The monoisotopic (exact) mass is 344 g/mol. The van der Waals surface area contributed by atoms with Gasteiger partial charge in [0.15, 0.2) is 5.82 Å². The van der Waals surface area contributed by atoms with Crippen LogP contribution in [0.15, 0.2) is 10.8 Å². The first-order chi connectivity index (χ1) is 9.67. The van der Waals surface area contributed by atoms with Gasteiger partial charge in [0.25, 0.3) is 0 Å². The molecule has 1 fully saturated rings. The van der Waals surface area contributed by atoms with Crippen molar-refractivity contribution in [1.29, 1.82) is 0 Å². The van der Waals surface area contributed by atoms with E-state index in [-0.39, 0.29) is 6.09 Å². The summed E-state index contributed by atoms with van der Waals surface area (Å²) in [6, 6.07) is 0. The fourth-order valence-corrected chi connectivity index (χ4v) is 2.57. The number of carbonyl (C=O) groups excluding carboxylic acids is 1. The Morgan fingerprint density at radius 2 is 2.15 bits per heavy atom. The van der Waals surface area contributed by atoms with Crippen LogP contribution in [-0.2, 0) is 4.74 Å². The number of amides is 1. The van der Waals surface area contributed by atoms with Crippen molar-refractivity contribution < 1.29 is 9.53 Å². The number of hydrogen-bond donors (Lipinski definition) is 2. The number of rotatable bonds is 3. The van der Waals surface area contributed by atoms with E-state index >= 15 is 0 Å². The molecular weight excluding hydrogens is 328 g/mol. The van der Waals surface area contributed by atoms with E-state index in [1.807, 2.05) is 0 Å². The molecule has 110 valence electrons. The summed E-state index contributed by atoms with van der Waals surface area (Å²) in [5.74, 6) is 6.68. The Hall–Kier alpha value is -1.61. The average Bonchev–Trinajstić information content (AvgIpc) is 2.48.